The second-order valence-corrected chi connectivity index (χ2v) is 5.44. The summed E-state index contributed by atoms with van der Waals surface area (Å²) in [5.41, 5.74) is 0.488. The molecule has 0 N–H and O–H groups in total. The van der Waals surface area contributed by atoms with E-state index >= 15 is 0 Å². The van der Waals surface area contributed by atoms with E-state index in [1.54, 1.807) is 12.1 Å². The Morgan fingerprint density at radius 2 is 2.06 bits per heavy atom. The van der Waals surface area contributed by atoms with E-state index < -0.39 is 0 Å². The maximum absolute atomic E-state index is 13.0. The zero-order chi connectivity index (χ0) is 12.7. The van der Waals surface area contributed by atoms with Gasteiger partial charge in [0, 0.05) is 5.39 Å². The molecule has 0 fully saturated rings. The first-order valence-electron chi connectivity index (χ1n) is 5.12. The third kappa shape index (κ3) is 1.94. The van der Waals surface area contributed by atoms with Gasteiger partial charge in [0.1, 0.15) is 11.4 Å². The number of hydrogen-bond acceptors (Lipinski definition) is 3. The molecular formula is C13H6ClFO2S. The van der Waals surface area contributed by atoms with Crippen molar-refractivity contribution < 1.29 is 13.6 Å². The summed E-state index contributed by atoms with van der Waals surface area (Å²) in [7, 11) is 0. The number of fused-ring (bicyclic) bond motifs is 1. The van der Waals surface area contributed by atoms with Crippen LogP contribution in [0.3, 0.4) is 0 Å². The zero-order valence-electron chi connectivity index (χ0n) is 8.94. The average molecular weight is 281 g/mol. The van der Waals surface area contributed by atoms with Gasteiger partial charge in [-0.05, 0) is 36.4 Å². The molecule has 0 amide bonds. The quantitative estimate of drug-likeness (QED) is 0.646. The summed E-state index contributed by atoms with van der Waals surface area (Å²) in [6.07, 6.45) is 0. The predicted molar refractivity (Wildman–Crippen MR) is 68.9 cm³/mol. The summed E-state index contributed by atoms with van der Waals surface area (Å²) < 4.78 is 19.0. The van der Waals surface area contributed by atoms with Crippen molar-refractivity contribution in [3.8, 4) is 0 Å². The molecule has 0 saturated heterocycles. The van der Waals surface area contributed by atoms with Crippen LogP contribution in [0, 0.1) is 5.82 Å². The third-order valence-electron chi connectivity index (χ3n) is 2.50. The fourth-order valence-electron chi connectivity index (χ4n) is 1.68. The molecule has 2 heterocycles. The van der Waals surface area contributed by atoms with Gasteiger partial charge >= 0.3 is 0 Å². The van der Waals surface area contributed by atoms with Gasteiger partial charge in [0.25, 0.3) is 0 Å². The highest BCUT2D eigenvalue weighted by molar-refractivity contribution is 7.18. The molecular weight excluding hydrogens is 275 g/mol. The van der Waals surface area contributed by atoms with Crippen molar-refractivity contribution in [2.75, 3.05) is 0 Å². The number of carbonyl (C=O) groups excluding carboxylic acids is 1. The molecule has 3 rings (SSSR count). The minimum atomic E-state index is -0.360. The molecule has 0 aliphatic heterocycles. The molecule has 5 heteroatoms. The number of ketones is 1. The highest BCUT2D eigenvalue weighted by Gasteiger charge is 2.16. The Morgan fingerprint density at radius 3 is 2.78 bits per heavy atom. The maximum atomic E-state index is 13.0. The second-order valence-electron chi connectivity index (χ2n) is 3.73. The number of benzene rings is 1. The number of hydrogen-bond donors (Lipinski definition) is 0. The van der Waals surface area contributed by atoms with E-state index in [1.165, 1.54) is 35.6 Å². The first kappa shape index (κ1) is 11.4. The Balaban J connectivity index is 2.06. The molecule has 0 radical (unpaired) electrons. The van der Waals surface area contributed by atoms with Crippen molar-refractivity contribution in [1.29, 1.82) is 0 Å². The minimum Gasteiger partial charge on any atom is -0.453 e. The maximum Gasteiger partial charge on any atom is 0.238 e. The summed E-state index contributed by atoms with van der Waals surface area (Å²) in [6, 6.07) is 8.96. The summed E-state index contributed by atoms with van der Waals surface area (Å²) in [5.74, 6) is -0.418. The van der Waals surface area contributed by atoms with Gasteiger partial charge in [0.05, 0.1) is 9.21 Å². The van der Waals surface area contributed by atoms with Gasteiger partial charge < -0.3 is 4.42 Å². The van der Waals surface area contributed by atoms with Gasteiger partial charge in [-0.25, -0.2) is 4.39 Å². The van der Waals surface area contributed by atoms with Crippen molar-refractivity contribution >= 4 is 39.7 Å². The van der Waals surface area contributed by atoms with Gasteiger partial charge in [-0.2, -0.15) is 0 Å². The fourth-order valence-corrected chi connectivity index (χ4v) is 2.67. The molecule has 0 spiro atoms. The highest BCUT2D eigenvalue weighted by atomic mass is 35.5. The Bertz CT molecular complexity index is 744. The molecule has 0 aliphatic rings. The molecule has 90 valence electrons. The molecule has 0 atom stereocenters. The Kier molecular flexibility index (Phi) is 2.69. The van der Waals surface area contributed by atoms with Crippen LogP contribution >= 0.6 is 22.9 Å². The van der Waals surface area contributed by atoms with Crippen LogP contribution in [0.2, 0.25) is 4.34 Å². The summed E-state index contributed by atoms with van der Waals surface area (Å²) >= 11 is 6.96. The molecule has 2 aromatic heterocycles. The van der Waals surface area contributed by atoms with Crippen LogP contribution in [0.25, 0.3) is 11.0 Å². The Hall–Kier alpha value is -1.65. The van der Waals surface area contributed by atoms with Crippen LogP contribution in [-0.4, -0.2) is 5.78 Å². The number of rotatable bonds is 2. The van der Waals surface area contributed by atoms with Crippen molar-refractivity contribution in [3.05, 3.63) is 57.2 Å². The van der Waals surface area contributed by atoms with Crippen molar-refractivity contribution in [1.82, 2.24) is 0 Å². The molecule has 2 nitrogen and oxygen atoms in total. The van der Waals surface area contributed by atoms with Crippen LogP contribution in [0.15, 0.2) is 40.8 Å². The van der Waals surface area contributed by atoms with Gasteiger partial charge in [-0.1, -0.05) is 11.6 Å². The Morgan fingerprint density at radius 1 is 1.22 bits per heavy atom. The number of furan rings is 1. The highest BCUT2D eigenvalue weighted by Crippen LogP contribution is 2.27. The van der Waals surface area contributed by atoms with Crippen LogP contribution < -0.4 is 0 Å². The lowest BCUT2D eigenvalue weighted by molar-refractivity contribution is 0.101. The minimum absolute atomic E-state index is 0.189. The molecule has 3 aromatic rings. The van der Waals surface area contributed by atoms with Gasteiger partial charge in [-0.3, -0.25) is 4.79 Å². The molecule has 0 unspecified atom stereocenters. The molecule has 0 bridgehead atoms. The van der Waals surface area contributed by atoms with Crippen molar-refractivity contribution in [2.24, 2.45) is 0 Å². The first-order chi connectivity index (χ1) is 8.63. The summed E-state index contributed by atoms with van der Waals surface area (Å²) in [6.45, 7) is 0. The number of carbonyl (C=O) groups is 1. The van der Waals surface area contributed by atoms with E-state index in [0.29, 0.717) is 20.2 Å². The SMILES string of the molecule is O=C(c1cc2cc(F)ccc2o1)c1ccc(Cl)s1. The summed E-state index contributed by atoms with van der Waals surface area (Å²) in [5, 5.41) is 0.570. The van der Waals surface area contributed by atoms with E-state index in [4.69, 9.17) is 16.0 Å². The monoisotopic (exact) mass is 280 g/mol. The smallest absolute Gasteiger partial charge is 0.238 e. The fraction of sp³-hybridized carbons (Fsp3) is 0. The van der Waals surface area contributed by atoms with E-state index in [1.807, 2.05) is 0 Å². The zero-order valence-corrected chi connectivity index (χ0v) is 10.5. The Labute approximate surface area is 111 Å². The standard InChI is InChI=1S/C13H6ClFO2S/c14-12-4-3-11(18-12)13(16)10-6-7-5-8(15)1-2-9(7)17-10/h1-6H. The molecule has 1 aromatic carbocycles. The van der Waals surface area contributed by atoms with Crippen molar-refractivity contribution in [2.45, 2.75) is 0 Å². The molecule has 0 aliphatic carbocycles. The van der Waals surface area contributed by atoms with E-state index in [2.05, 4.69) is 0 Å². The van der Waals surface area contributed by atoms with Crippen LogP contribution in [0.4, 0.5) is 4.39 Å². The lowest BCUT2D eigenvalue weighted by atomic mass is 10.2. The van der Waals surface area contributed by atoms with Crippen LogP contribution in [0.5, 0.6) is 0 Å². The largest absolute Gasteiger partial charge is 0.453 e. The molecule has 18 heavy (non-hydrogen) atoms. The van der Waals surface area contributed by atoms with Gasteiger partial charge in [0.2, 0.25) is 5.78 Å². The summed E-state index contributed by atoms with van der Waals surface area (Å²) in [4.78, 5) is 12.6. The predicted octanol–water partition coefficient (Wildman–Crippen LogP) is 4.52. The third-order valence-corrected chi connectivity index (χ3v) is 3.73. The molecule has 0 saturated carbocycles. The first-order valence-corrected chi connectivity index (χ1v) is 6.32. The average Bonchev–Trinajstić information content (AvgIpc) is 2.93. The normalized spacial score (nSPS) is 11.0. The van der Waals surface area contributed by atoms with E-state index in [9.17, 15) is 9.18 Å². The van der Waals surface area contributed by atoms with Gasteiger partial charge in [0.15, 0.2) is 5.76 Å². The van der Waals surface area contributed by atoms with E-state index in [0.717, 1.165) is 0 Å². The number of thiophene rings is 1. The van der Waals surface area contributed by atoms with Gasteiger partial charge in [-0.15, -0.1) is 11.3 Å². The van der Waals surface area contributed by atoms with Crippen molar-refractivity contribution in [3.63, 3.8) is 0 Å². The lowest BCUT2D eigenvalue weighted by Gasteiger charge is -1.90. The van der Waals surface area contributed by atoms with E-state index in [-0.39, 0.29) is 17.4 Å². The second kappa shape index (κ2) is 4.23. The van der Waals surface area contributed by atoms with Crippen LogP contribution in [-0.2, 0) is 0 Å². The van der Waals surface area contributed by atoms with Crippen LogP contribution in [0.1, 0.15) is 15.4 Å². The number of halogens is 2. The lowest BCUT2D eigenvalue weighted by Crippen LogP contribution is -1.95. The topological polar surface area (TPSA) is 30.2 Å².